The second-order valence-electron chi connectivity index (χ2n) is 7.15. The number of rotatable bonds is 5. The van der Waals surface area contributed by atoms with E-state index >= 15 is 0 Å². The number of piperazine rings is 1. The summed E-state index contributed by atoms with van der Waals surface area (Å²) in [4.78, 5) is 9.52. The zero-order valence-corrected chi connectivity index (χ0v) is 14.7. The third-order valence-corrected chi connectivity index (χ3v) is 5.02. The van der Waals surface area contributed by atoms with Crippen molar-refractivity contribution >= 4 is 0 Å². The molecule has 0 aliphatic carbocycles. The van der Waals surface area contributed by atoms with Gasteiger partial charge in [-0.1, -0.05) is 19.0 Å². The van der Waals surface area contributed by atoms with Crippen LogP contribution in [0.15, 0.2) is 4.52 Å². The molecule has 2 aliphatic rings. The molecule has 3 rings (SSSR count). The Labute approximate surface area is 139 Å². The predicted molar refractivity (Wildman–Crippen MR) is 88.4 cm³/mol. The van der Waals surface area contributed by atoms with Crippen molar-refractivity contribution in [3.63, 3.8) is 0 Å². The van der Waals surface area contributed by atoms with E-state index in [1.165, 1.54) is 19.3 Å². The lowest BCUT2D eigenvalue weighted by Gasteiger charge is -2.38. The minimum absolute atomic E-state index is 0.197. The van der Waals surface area contributed by atoms with E-state index in [1.54, 1.807) is 0 Å². The van der Waals surface area contributed by atoms with E-state index in [-0.39, 0.29) is 6.04 Å². The zero-order valence-electron chi connectivity index (χ0n) is 14.7. The van der Waals surface area contributed by atoms with E-state index in [9.17, 15) is 0 Å². The normalized spacial score (nSPS) is 25.8. The Morgan fingerprint density at radius 2 is 1.91 bits per heavy atom. The molecular weight excluding hydrogens is 292 g/mol. The number of nitrogens with zero attached hydrogens (tertiary/aromatic N) is 4. The molecule has 1 aromatic heterocycles. The molecule has 0 N–H and O–H groups in total. The lowest BCUT2D eigenvalue weighted by molar-refractivity contribution is -0.0175. The Hall–Kier alpha value is -0.980. The van der Waals surface area contributed by atoms with Gasteiger partial charge in [0.2, 0.25) is 5.89 Å². The lowest BCUT2D eigenvalue weighted by Crippen LogP contribution is -2.49. The average molecular weight is 322 g/mol. The summed E-state index contributed by atoms with van der Waals surface area (Å²) in [5.41, 5.74) is 0. The van der Waals surface area contributed by atoms with Crippen molar-refractivity contribution in [2.24, 2.45) is 0 Å². The van der Waals surface area contributed by atoms with Crippen molar-refractivity contribution in [3.8, 4) is 0 Å². The van der Waals surface area contributed by atoms with E-state index in [4.69, 9.17) is 9.26 Å². The van der Waals surface area contributed by atoms with Crippen LogP contribution in [0.25, 0.3) is 0 Å². The van der Waals surface area contributed by atoms with Crippen molar-refractivity contribution in [1.82, 2.24) is 19.9 Å². The van der Waals surface area contributed by atoms with Crippen LogP contribution in [0.5, 0.6) is 0 Å². The molecule has 2 fully saturated rings. The molecule has 6 nitrogen and oxygen atoms in total. The van der Waals surface area contributed by atoms with E-state index in [0.717, 1.165) is 51.0 Å². The largest absolute Gasteiger partial charge is 0.377 e. The van der Waals surface area contributed by atoms with Gasteiger partial charge in [-0.05, 0) is 26.2 Å². The van der Waals surface area contributed by atoms with Crippen LogP contribution in [-0.4, -0.2) is 65.4 Å². The van der Waals surface area contributed by atoms with Crippen LogP contribution in [0, 0.1) is 0 Å². The second kappa shape index (κ2) is 7.73. The lowest BCUT2D eigenvalue weighted by atomic mass is 10.1. The number of aromatic nitrogens is 2. The van der Waals surface area contributed by atoms with Gasteiger partial charge >= 0.3 is 0 Å². The summed E-state index contributed by atoms with van der Waals surface area (Å²) in [6.45, 7) is 12.6. The fraction of sp³-hybridized carbons (Fsp3) is 0.882. The summed E-state index contributed by atoms with van der Waals surface area (Å²) < 4.78 is 11.3. The van der Waals surface area contributed by atoms with Crippen LogP contribution in [0.2, 0.25) is 0 Å². The number of ether oxygens (including phenoxy) is 1. The molecule has 2 aliphatic heterocycles. The Morgan fingerprint density at radius 3 is 2.52 bits per heavy atom. The van der Waals surface area contributed by atoms with E-state index in [2.05, 4.69) is 40.7 Å². The van der Waals surface area contributed by atoms with Crippen molar-refractivity contribution in [1.29, 1.82) is 0 Å². The molecule has 2 unspecified atom stereocenters. The molecule has 6 heteroatoms. The molecule has 23 heavy (non-hydrogen) atoms. The van der Waals surface area contributed by atoms with Crippen molar-refractivity contribution < 1.29 is 9.26 Å². The zero-order chi connectivity index (χ0) is 16.2. The van der Waals surface area contributed by atoms with Gasteiger partial charge in [0.1, 0.15) is 0 Å². The summed E-state index contributed by atoms with van der Waals surface area (Å²) in [6.07, 6.45) is 4.20. The van der Waals surface area contributed by atoms with Crippen LogP contribution >= 0.6 is 0 Å². The molecule has 2 atom stereocenters. The van der Waals surface area contributed by atoms with Gasteiger partial charge in [0, 0.05) is 45.2 Å². The van der Waals surface area contributed by atoms with Gasteiger partial charge in [-0.3, -0.25) is 9.80 Å². The van der Waals surface area contributed by atoms with Crippen molar-refractivity contribution in [2.45, 2.75) is 58.1 Å². The van der Waals surface area contributed by atoms with Crippen molar-refractivity contribution in [2.75, 3.05) is 39.3 Å². The fourth-order valence-electron chi connectivity index (χ4n) is 3.38. The summed E-state index contributed by atoms with van der Waals surface area (Å²) in [5, 5.41) is 4.08. The molecule has 1 aromatic rings. The van der Waals surface area contributed by atoms with E-state index in [1.807, 2.05) is 0 Å². The highest BCUT2D eigenvalue weighted by atomic mass is 16.5. The maximum absolute atomic E-state index is 5.86. The highest BCUT2D eigenvalue weighted by molar-refractivity contribution is 4.96. The summed E-state index contributed by atoms with van der Waals surface area (Å²) in [7, 11) is 0. The molecule has 130 valence electrons. The van der Waals surface area contributed by atoms with E-state index in [0.29, 0.717) is 12.0 Å². The first kappa shape index (κ1) is 16.9. The van der Waals surface area contributed by atoms with Gasteiger partial charge in [-0.15, -0.1) is 0 Å². The average Bonchev–Trinajstić information content (AvgIpc) is 3.06. The molecule has 0 bridgehead atoms. The topological polar surface area (TPSA) is 54.6 Å². The summed E-state index contributed by atoms with van der Waals surface area (Å²) in [6, 6.07) is 0.197. The Bertz CT molecular complexity index is 477. The summed E-state index contributed by atoms with van der Waals surface area (Å²) in [5.74, 6) is 1.87. The maximum Gasteiger partial charge on any atom is 0.243 e. The van der Waals surface area contributed by atoms with Crippen LogP contribution in [0.3, 0.4) is 0 Å². The van der Waals surface area contributed by atoms with Gasteiger partial charge in [0.15, 0.2) is 5.82 Å². The monoisotopic (exact) mass is 322 g/mol. The minimum atomic E-state index is 0.197. The highest BCUT2D eigenvalue weighted by Crippen LogP contribution is 2.22. The van der Waals surface area contributed by atoms with Crippen molar-refractivity contribution in [3.05, 3.63) is 11.7 Å². The Morgan fingerprint density at radius 1 is 1.13 bits per heavy atom. The first-order valence-corrected chi connectivity index (χ1v) is 9.05. The van der Waals surface area contributed by atoms with Gasteiger partial charge in [-0.25, -0.2) is 0 Å². The highest BCUT2D eigenvalue weighted by Gasteiger charge is 2.27. The first-order valence-electron chi connectivity index (χ1n) is 9.05. The fourth-order valence-corrected chi connectivity index (χ4v) is 3.38. The Kier molecular flexibility index (Phi) is 5.67. The molecule has 3 heterocycles. The van der Waals surface area contributed by atoms with Crippen LogP contribution in [0.1, 0.15) is 63.7 Å². The number of hydrogen-bond acceptors (Lipinski definition) is 6. The predicted octanol–water partition coefficient (Wildman–Crippen LogP) is 2.44. The third kappa shape index (κ3) is 4.31. The maximum atomic E-state index is 5.86. The van der Waals surface area contributed by atoms with Crippen LogP contribution in [0.4, 0.5) is 0 Å². The molecule has 0 saturated carbocycles. The molecular formula is C17H30N4O2. The SMILES string of the molecule is CC(C)c1noc(C(C)N2CCN(CC3CCCCO3)CC2)n1. The second-order valence-corrected chi connectivity index (χ2v) is 7.15. The molecule has 0 aromatic carbocycles. The third-order valence-electron chi connectivity index (χ3n) is 5.02. The van der Waals surface area contributed by atoms with Gasteiger partial charge in [0.05, 0.1) is 12.1 Å². The Balaban J connectivity index is 1.47. The first-order chi connectivity index (χ1) is 11.1. The quantitative estimate of drug-likeness (QED) is 0.830. The number of hydrogen-bond donors (Lipinski definition) is 0. The van der Waals surface area contributed by atoms with Crippen LogP contribution < -0.4 is 0 Å². The van der Waals surface area contributed by atoms with Gasteiger partial charge < -0.3 is 9.26 Å². The van der Waals surface area contributed by atoms with Gasteiger partial charge in [-0.2, -0.15) is 4.98 Å². The van der Waals surface area contributed by atoms with E-state index < -0.39 is 0 Å². The molecule has 0 spiro atoms. The smallest absolute Gasteiger partial charge is 0.243 e. The molecule has 2 saturated heterocycles. The standard InChI is InChI=1S/C17H30N4O2/c1-13(2)16-18-17(23-19-16)14(3)21-9-7-20(8-10-21)12-15-6-4-5-11-22-15/h13-15H,4-12H2,1-3H3. The minimum Gasteiger partial charge on any atom is -0.377 e. The molecule has 0 amide bonds. The van der Waals surface area contributed by atoms with Gasteiger partial charge in [0.25, 0.3) is 0 Å². The van der Waals surface area contributed by atoms with Crippen LogP contribution in [-0.2, 0) is 4.74 Å². The molecule has 0 radical (unpaired) electrons. The summed E-state index contributed by atoms with van der Waals surface area (Å²) >= 11 is 0.